The summed E-state index contributed by atoms with van der Waals surface area (Å²) in [5, 5.41) is 14.1. The van der Waals surface area contributed by atoms with Crippen molar-refractivity contribution in [3.05, 3.63) is 107 Å². The Morgan fingerprint density at radius 1 is 1.09 bits per heavy atom. The maximum absolute atomic E-state index is 14.4. The Kier molecular flexibility index (Phi) is 5.60. The van der Waals surface area contributed by atoms with Crippen molar-refractivity contribution in [2.24, 2.45) is 0 Å². The van der Waals surface area contributed by atoms with Crippen molar-refractivity contribution in [3.63, 3.8) is 0 Å². The Morgan fingerprint density at radius 2 is 1.97 bits per heavy atom. The lowest BCUT2D eigenvalue weighted by molar-refractivity contribution is 0.0727. The second-order valence-corrected chi connectivity index (χ2v) is 8.05. The van der Waals surface area contributed by atoms with Gasteiger partial charge in [0.2, 0.25) is 0 Å². The number of carbonyl (C=O) groups is 1. The van der Waals surface area contributed by atoms with E-state index in [1.807, 2.05) is 6.07 Å². The summed E-state index contributed by atoms with van der Waals surface area (Å²) in [7, 11) is 0. The highest BCUT2D eigenvalue weighted by Gasteiger charge is 2.29. The molecule has 5 rings (SSSR count). The maximum atomic E-state index is 14.4. The summed E-state index contributed by atoms with van der Waals surface area (Å²) in [6.45, 7) is 0.890. The van der Waals surface area contributed by atoms with E-state index >= 15 is 0 Å². The van der Waals surface area contributed by atoms with Crippen LogP contribution in [0.3, 0.4) is 0 Å². The van der Waals surface area contributed by atoms with Crippen LogP contribution in [0, 0.1) is 23.0 Å². The minimum atomic E-state index is -0.639. The van der Waals surface area contributed by atoms with Crippen molar-refractivity contribution < 1.29 is 13.6 Å². The molecule has 4 aromatic rings. The van der Waals surface area contributed by atoms with Gasteiger partial charge in [-0.2, -0.15) is 10.4 Å². The van der Waals surface area contributed by atoms with Gasteiger partial charge >= 0.3 is 0 Å². The van der Waals surface area contributed by atoms with Gasteiger partial charge in [0.15, 0.2) is 0 Å². The van der Waals surface area contributed by atoms with E-state index in [0.717, 1.165) is 22.9 Å². The summed E-state index contributed by atoms with van der Waals surface area (Å²) in [6, 6.07) is 17.9. The number of rotatable bonds is 4. The summed E-state index contributed by atoms with van der Waals surface area (Å²) < 4.78 is 29.5. The maximum Gasteiger partial charge on any atom is 0.272 e. The Balaban J connectivity index is 1.56. The minimum absolute atomic E-state index is 0.126. The van der Waals surface area contributed by atoms with Crippen LogP contribution >= 0.6 is 0 Å². The Morgan fingerprint density at radius 3 is 2.74 bits per heavy atom. The first-order valence-electron chi connectivity index (χ1n) is 10.8. The molecule has 0 aliphatic carbocycles. The third-order valence-corrected chi connectivity index (χ3v) is 5.91. The van der Waals surface area contributed by atoms with Crippen molar-refractivity contribution in [1.82, 2.24) is 19.7 Å². The third-order valence-electron chi connectivity index (χ3n) is 5.91. The third kappa shape index (κ3) is 4.04. The van der Waals surface area contributed by atoms with Crippen molar-refractivity contribution in [2.75, 3.05) is 6.54 Å². The molecule has 2 aromatic heterocycles. The van der Waals surface area contributed by atoms with Gasteiger partial charge < -0.3 is 4.90 Å². The fraction of sp³-hybridized carbons (Fsp3) is 0.154. The number of nitriles is 1. The van der Waals surface area contributed by atoms with E-state index in [1.165, 1.54) is 12.1 Å². The van der Waals surface area contributed by atoms with Gasteiger partial charge in [-0.05, 0) is 30.3 Å². The van der Waals surface area contributed by atoms with Crippen LogP contribution in [-0.2, 0) is 19.5 Å². The minimum Gasteiger partial charge on any atom is -0.332 e. The SMILES string of the molecule is N#Cc1cccc(-c2nn(Cc3ccc(F)cc3F)c3c2CN(C(=O)c2ccccn2)CC3)c1. The van der Waals surface area contributed by atoms with Gasteiger partial charge in [0.05, 0.1) is 30.4 Å². The molecule has 1 aliphatic rings. The first-order chi connectivity index (χ1) is 16.5. The van der Waals surface area contributed by atoms with E-state index in [1.54, 1.807) is 52.2 Å². The van der Waals surface area contributed by atoms with Crippen LogP contribution in [0.15, 0.2) is 66.9 Å². The summed E-state index contributed by atoms with van der Waals surface area (Å²) in [5.41, 5.74) is 4.26. The van der Waals surface area contributed by atoms with Crippen LogP contribution < -0.4 is 0 Å². The van der Waals surface area contributed by atoms with Gasteiger partial charge in [-0.3, -0.25) is 14.5 Å². The molecule has 0 N–H and O–H groups in total. The van der Waals surface area contributed by atoms with Gasteiger partial charge in [-0.15, -0.1) is 0 Å². The van der Waals surface area contributed by atoms with Crippen LogP contribution in [-0.4, -0.2) is 32.1 Å². The zero-order valence-electron chi connectivity index (χ0n) is 18.1. The van der Waals surface area contributed by atoms with Crippen LogP contribution in [0.5, 0.6) is 0 Å². The summed E-state index contributed by atoms with van der Waals surface area (Å²) in [6.07, 6.45) is 2.10. The molecule has 1 amide bonds. The average Bonchev–Trinajstić information content (AvgIpc) is 3.23. The van der Waals surface area contributed by atoms with E-state index in [2.05, 4.69) is 11.1 Å². The van der Waals surface area contributed by atoms with Crippen LogP contribution in [0.1, 0.15) is 32.9 Å². The van der Waals surface area contributed by atoms with Crippen molar-refractivity contribution in [3.8, 4) is 17.3 Å². The zero-order valence-corrected chi connectivity index (χ0v) is 18.1. The van der Waals surface area contributed by atoms with Crippen LogP contribution in [0.4, 0.5) is 8.78 Å². The molecule has 0 spiro atoms. The molecule has 0 unspecified atom stereocenters. The highest BCUT2D eigenvalue weighted by molar-refractivity contribution is 5.92. The lowest BCUT2D eigenvalue weighted by Gasteiger charge is -2.27. The van der Waals surface area contributed by atoms with Crippen molar-refractivity contribution >= 4 is 5.91 Å². The summed E-state index contributed by atoms with van der Waals surface area (Å²) in [4.78, 5) is 18.9. The van der Waals surface area contributed by atoms with Gasteiger partial charge in [0.1, 0.15) is 17.3 Å². The predicted molar refractivity (Wildman–Crippen MR) is 121 cm³/mol. The molecule has 34 heavy (non-hydrogen) atoms. The highest BCUT2D eigenvalue weighted by atomic mass is 19.1. The second-order valence-electron chi connectivity index (χ2n) is 8.05. The molecule has 1 aliphatic heterocycles. The summed E-state index contributed by atoms with van der Waals surface area (Å²) >= 11 is 0. The van der Waals surface area contributed by atoms with E-state index in [-0.39, 0.29) is 12.5 Å². The number of carbonyl (C=O) groups excluding carboxylic acids is 1. The predicted octanol–water partition coefficient (Wildman–Crippen LogP) is 4.34. The Bertz CT molecular complexity index is 1430. The van der Waals surface area contributed by atoms with E-state index in [0.29, 0.717) is 42.0 Å². The number of fused-ring (bicyclic) bond motifs is 1. The molecule has 0 fully saturated rings. The van der Waals surface area contributed by atoms with Crippen molar-refractivity contribution in [1.29, 1.82) is 5.26 Å². The smallest absolute Gasteiger partial charge is 0.272 e. The lowest BCUT2D eigenvalue weighted by Crippen LogP contribution is -2.36. The van der Waals surface area contributed by atoms with Crippen LogP contribution in [0.25, 0.3) is 11.3 Å². The average molecular weight is 455 g/mol. The topological polar surface area (TPSA) is 74.8 Å². The molecule has 6 nitrogen and oxygen atoms in total. The quantitative estimate of drug-likeness (QED) is 0.459. The van der Waals surface area contributed by atoms with Crippen LogP contribution in [0.2, 0.25) is 0 Å². The van der Waals surface area contributed by atoms with E-state index < -0.39 is 11.6 Å². The number of halogens is 2. The molecular weight excluding hydrogens is 436 g/mol. The van der Waals surface area contributed by atoms with E-state index in [9.17, 15) is 18.8 Å². The number of hydrogen-bond donors (Lipinski definition) is 0. The first kappa shape index (κ1) is 21.5. The van der Waals surface area contributed by atoms with Gasteiger partial charge in [-0.25, -0.2) is 8.78 Å². The fourth-order valence-electron chi connectivity index (χ4n) is 4.23. The fourth-order valence-corrected chi connectivity index (χ4v) is 4.23. The number of benzene rings is 2. The lowest BCUT2D eigenvalue weighted by atomic mass is 9.99. The largest absolute Gasteiger partial charge is 0.332 e. The number of pyridine rings is 1. The number of amides is 1. The molecular formula is C26H19F2N5O. The second kappa shape index (κ2) is 8.87. The van der Waals surface area contributed by atoms with Crippen molar-refractivity contribution in [2.45, 2.75) is 19.5 Å². The monoisotopic (exact) mass is 455 g/mol. The normalized spacial score (nSPS) is 12.8. The van der Waals surface area contributed by atoms with E-state index in [4.69, 9.17) is 5.10 Å². The molecule has 0 saturated heterocycles. The highest BCUT2D eigenvalue weighted by Crippen LogP contribution is 2.32. The molecule has 3 heterocycles. The number of hydrogen-bond acceptors (Lipinski definition) is 4. The molecule has 2 aromatic carbocycles. The molecule has 168 valence electrons. The number of aromatic nitrogens is 3. The molecule has 0 bridgehead atoms. The zero-order chi connectivity index (χ0) is 23.7. The Labute approximate surface area is 194 Å². The van der Waals surface area contributed by atoms with Gasteiger partial charge in [-0.1, -0.05) is 24.3 Å². The molecule has 0 atom stereocenters. The Hall–Kier alpha value is -4.38. The number of nitrogens with zero attached hydrogens (tertiary/aromatic N) is 5. The van der Waals surface area contributed by atoms with Gasteiger partial charge in [0.25, 0.3) is 5.91 Å². The van der Waals surface area contributed by atoms with Gasteiger partial charge in [0, 0.05) is 47.6 Å². The first-order valence-corrected chi connectivity index (χ1v) is 10.8. The molecule has 0 saturated carbocycles. The standard InChI is InChI=1S/C26H19F2N5O/c27-20-8-7-19(22(28)13-20)15-33-24-9-11-32(26(34)23-6-1-2-10-30-23)16-21(24)25(31-33)18-5-3-4-17(12-18)14-29/h1-8,10,12-13H,9,11,15-16H2. The molecule has 0 radical (unpaired) electrons. The summed E-state index contributed by atoms with van der Waals surface area (Å²) in [5.74, 6) is -1.46. The molecule has 8 heteroatoms.